The second-order valence-corrected chi connectivity index (χ2v) is 5.56. The van der Waals surface area contributed by atoms with Gasteiger partial charge >= 0.3 is 0 Å². The van der Waals surface area contributed by atoms with Gasteiger partial charge in [-0.2, -0.15) is 0 Å². The molecule has 0 saturated carbocycles. The van der Waals surface area contributed by atoms with Crippen LogP contribution in [-0.4, -0.2) is 4.57 Å². The largest absolute Gasteiger partial charge is 1.00 e. The van der Waals surface area contributed by atoms with Gasteiger partial charge in [0.2, 0.25) is 6.33 Å². The number of hydrogen-bond donors (Lipinski definition) is 0. The van der Waals surface area contributed by atoms with Gasteiger partial charge in [-0.25, -0.2) is 9.13 Å². The zero-order valence-corrected chi connectivity index (χ0v) is 13.6. The van der Waals surface area contributed by atoms with Crippen LogP contribution in [0.25, 0.3) is 0 Å². The van der Waals surface area contributed by atoms with Gasteiger partial charge < -0.3 is 24.0 Å². The Hall–Kier alpha value is -0.0600. The first-order chi connectivity index (χ1) is 6.83. The maximum absolute atomic E-state index is 2.31. The van der Waals surface area contributed by atoms with E-state index in [-0.39, 0.29) is 35.1 Å². The first kappa shape index (κ1) is 15.9. The Labute approximate surface area is 117 Å². The zero-order chi connectivity index (χ0) is 11.7. The highest BCUT2D eigenvalue weighted by atomic mass is 127. The predicted octanol–water partition coefficient (Wildman–Crippen LogP) is 0.0698. The van der Waals surface area contributed by atoms with Crippen molar-refractivity contribution in [1.82, 2.24) is 4.57 Å². The van der Waals surface area contributed by atoms with Crippen LogP contribution in [0.1, 0.15) is 54.4 Å². The molecule has 0 unspecified atom stereocenters. The van der Waals surface area contributed by atoms with Crippen molar-refractivity contribution in [2.24, 2.45) is 0 Å². The van der Waals surface area contributed by atoms with E-state index in [2.05, 4.69) is 69.4 Å². The third-order valence-electron chi connectivity index (χ3n) is 3.77. The van der Waals surface area contributed by atoms with Crippen LogP contribution in [0.4, 0.5) is 0 Å². The van der Waals surface area contributed by atoms with Gasteiger partial charge in [0.15, 0.2) is 0 Å². The summed E-state index contributed by atoms with van der Waals surface area (Å²) in [5.41, 5.74) is 0.435. The van der Waals surface area contributed by atoms with E-state index in [1.807, 2.05) is 0 Å². The summed E-state index contributed by atoms with van der Waals surface area (Å²) in [5.74, 6) is 0. The summed E-state index contributed by atoms with van der Waals surface area (Å²) >= 11 is 0. The zero-order valence-electron chi connectivity index (χ0n) is 11.4. The number of hydrogen-bond acceptors (Lipinski definition) is 0. The summed E-state index contributed by atoms with van der Waals surface area (Å²) < 4.78 is 4.62. The third kappa shape index (κ3) is 3.22. The van der Waals surface area contributed by atoms with Gasteiger partial charge in [0, 0.05) is 0 Å². The van der Waals surface area contributed by atoms with E-state index in [4.69, 9.17) is 0 Å². The molecule has 0 bridgehead atoms. The van der Waals surface area contributed by atoms with E-state index >= 15 is 0 Å². The number of nitrogens with zero attached hydrogens (tertiary/aromatic N) is 2. The smallest absolute Gasteiger partial charge is 0.244 e. The molecule has 0 amide bonds. The van der Waals surface area contributed by atoms with Gasteiger partial charge in [-0.3, -0.25) is 0 Å². The molecule has 0 spiro atoms. The van der Waals surface area contributed by atoms with Crippen molar-refractivity contribution in [2.75, 3.05) is 0 Å². The Morgan fingerprint density at radius 3 is 2.06 bits per heavy atom. The molecule has 1 rings (SSSR count). The van der Waals surface area contributed by atoms with E-state index in [9.17, 15) is 0 Å². The van der Waals surface area contributed by atoms with Crippen LogP contribution < -0.4 is 28.5 Å². The monoisotopic (exact) mass is 336 g/mol. The Bertz CT molecular complexity index is 296. The lowest BCUT2D eigenvalue weighted by Crippen LogP contribution is -3.00. The van der Waals surface area contributed by atoms with E-state index < -0.39 is 0 Å². The van der Waals surface area contributed by atoms with Crippen molar-refractivity contribution in [3.05, 3.63) is 18.7 Å². The highest BCUT2D eigenvalue weighted by Gasteiger charge is 2.28. The van der Waals surface area contributed by atoms with Crippen molar-refractivity contribution in [2.45, 2.75) is 65.5 Å². The molecule has 94 valence electrons. The van der Waals surface area contributed by atoms with Crippen molar-refractivity contribution < 1.29 is 28.5 Å². The van der Waals surface area contributed by atoms with Crippen LogP contribution in [0.3, 0.4) is 0 Å². The second kappa shape index (κ2) is 5.52. The van der Waals surface area contributed by atoms with E-state index in [1.54, 1.807) is 0 Å². The molecular weight excluding hydrogens is 311 g/mol. The molecule has 0 saturated heterocycles. The molecule has 0 atom stereocenters. The van der Waals surface area contributed by atoms with Gasteiger partial charge in [0.1, 0.15) is 23.5 Å². The molecule has 0 N–H and O–H groups in total. The summed E-state index contributed by atoms with van der Waals surface area (Å²) in [6.07, 6.45) is 8.89. The van der Waals surface area contributed by atoms with E-state index in [0.29, 0.717) is 0 Å². The van der Waals surface area contributed by atoms with Gasteiger partial charge in [-0.15, -0.1) is 0 Å². The fourth-order valence-electron chi connectivity index (χ4n) is 1.44. The highest BCUT2D eigenvalue weighted by Crippen LogP contribution is 2.19. The summed E-state index contributed by atoms with van der Waals surface area (Å²) in [6, 6.07) is 0. The van der Waals surface area contributed by atoms with Crippen LogP contribution in [0, 0.1) is 0 Å². The van der Waals surface area contributed by atoms with Crippen molar-refractivity contribution >= 4 is 0 Å². The number of rotatable bonds is 4. The van der Waals surface area contributed by atoms with Crippen LogP contribution in [0.15, 0.2) is 18.7 Å². The Morgan fingerprint density at radius 2 is 1.62 bits per heavy atom. The topological polar surface area (TPSA) is 8.81 Å². The third-order valence-corrected chi connectivity index (χ3v) is 3.77. The molecule has 0 aliphatic carbocycles. The normalized spacial score (nSPS) is 12.4. The summed E-state index contributed by atoms with van der Waals surface area (Å²) in [4.78, 5) is 0. The van der Waals surface area contributed by atoms with Crippen LogP contribution in [0.5, 0.6) is 0 Å². The highest BCUT2D eigenvalue weighted by molar-refractivity contribution is 4.82. The summed E-state index contributed by atoms with van der Waals surface area (Å²) in [5, 5.41) is 0. The molecule has 0 radical (unpaired) electrons. The fraction of sp³-hybridized carbons (Fsp3) is 0.769. The molecular formula is C13H25IN2. The molecule has 2 nitrogen and oxygen atoms in total. The van der Waals surface area contributed by atoms with Crippen molar-refractivity contribution in [1.29, 1.82) is 0 Å². The molecule has 3 heteroatoms. The molecule has 0 aliphatic rings. The second-order valence-electron chi connectivity index (χ2n) is 5.56. The van der Waals surface area contributed by atoms with Crippen molar-refractivity contribution in [3.8, 4) is 0 Å². The van der Waals surface area contributed by atoms with Crippen LogP contribution in [0.2, 0.25) is 0 Å². The number of imidazole rings is 1. The molecule has 1 heterocycles. The molecule has 0 fully saturated rings. The minimum Gasteiger partial charge on any atom is -1.00 e. The Balaban J connectivity index is 0.00000225. The molecule has 1 aromatic rings. The lowest BCUT2D eigenvalue weighted by Gasteiger charge is -2.21. The fourth-order valence-corrected chi connectivity index (χ4v) is 1.44. The quantitative estimate of drug-likeness (QED) is 0.544. The van der Waals surface area contributed by atoms with E-state index in [0.717, 1.165) is 12.8 Å². The minimum absolute atomic E-state index is 0. The predicted molar refractivity (Wildman–Crippen MR) is 63.9 cm³/mol. The van der Waals surface area contributed by atoms with Gasteiger partial charge in [0.25, 0.3) is 0 Å². The van der Waals surface area contributed by atoms with Crippen LogP contribution in [-0.2, 0) is 11.1 Å². The lowest BCUT2D eigenvalue weighted by molar-refractivity contribution is -0.758. The standard InChI is InChI=1S/C13H25N2.HI/c1-7-12(3,4)14-9-10-15(11-14)13(5,6)8-2;/h9-11H,7-8H2,1-6H3;1H/q+1;/p-1. The number of halogens is 1. The summed E-state index contributed by atoms with van der Waals surface area (Å²) in [7, 11) is 0. The van der Waals surface area contributed by atoms with Crippen molar-refractivity contribution in [3.63, 3.8) is 0 Å². The van der Waals surface area contributed by atoms with Crippen LogP contribution >= 0.6 is 0 Å². The average molecular weight is 336 g/mol. The molecule has 16 heavy (non-hydrogen) atoms. The maximum Gasteiger partial charge on any atom is 0.244 e. The molecule has 1 aromatic heterocycles. The van der Waals surface area contributed by atoms with Gasteiger partial charge in [-0.1, -0.05) is 13.8 Å². The SMILES string of the molecule is CCC(C)(C)n1cc[n+](C(C)(C)CC)c1.[I-]. The Kier molecular flexibility index (Phi) is 5.50. The minimum atomic E-state index is 0. The average Bonchev–Trinajstić information content (AvgIpc) is 2.67. The molecule has 0 aliphatic heterocycles. The number of aromatic nitrogens is 2. The lowest BCUT2D eigenvalue weighted by atomic mass is 10.0. The van der Waals surface area contributed by atoms with Gasteiger partial charge in [0.05, 0.1) is 0 Å². The molecule has 0 aromatic carbocycles. The van der Waals surface area contributed by atoms with Gasteiger partial charge in [-0.05, 0) is 40.5 Å². The first-order valence-electron chi connectivity index (χ1n) is 5.93. The summed E-state index contributed by atoms with van der Waals surface area (Å²) in [6.45, 7) is 13.6. The maximum atomic E-state index is 2.31. The van der Waals surface area contributed by atoms with E-state index in [1.165, 1.54) is 0 Å². The first-order valence-corrected chi connectivity index (χ1v) is 5.93. The Morgan fingerprint density at radius 1 is 1.06 bits per heavy atom.